The summed E-state index contributed by atoms with van der Waals surface area (Å²) in [6.45, 7) is 2.70. The molecule has 45 heavy (non-hydrogen) atoms. The summed E-state index contributed by atoms with van der Waals surface area (Å²) in [7, 11) is 0. The SMILES string of the molecule is C#Cc1cccc2cc(O)cc(-c3nc4nc(OC[C@@]56CCCN5C[C@H](F)C6)c(C#N)c(N5CC6CCC(C5)N6)c4cc3F)c12. The number of hydrogen-bond acceptors (Lipinski definition) is 8. The highest BCUT2D eigenvalue weighted by atomic mass is 19.1. The Morgan fingerprint density at radius 1 is 1.16 bits per heavy atom. The van der Waals surface area contributed by atoms with Crippen LogP contribution in [0.25, 0.3) is 33.1 Å². The summed E-state index contributed by atoms with van der Waals surface area (Å²) in [6.07, 6.45) is 9.10. The van der Waals surface area contributed by atoms with Crippen molar-refractivity contribution in [1.29, 1.82) is 5.26 Å². The zero-order valence-corrected chi connectivity index (χ0v) is 24.7. The van der Waals surface area contributed by atoms with Crippen molar-refractivity contribution < 1.29 is 18.6 Å². The van der Waals surface area contributed by atoms with Crippen molar-refractivity contribution in [2.45, 2.75) is 55.9 Å². The van der Waals surface area contributed by atoms with Crippen molar-refractivity contribution in [3.05, 3.63) is 53.3 Å². The second-order valence-electron chi connectivity index (χ2n) is 12.9. The maximum Gasteiger partial charge on any atom is 0.236 e. The Labute approximate surface area is 259 Å². The lowest BCUT2D eigenvalue weighted by Gasteiger charge is -2.36. The minimum absolute atomic E-state index is 0.0165. The fourth-order valence-corrected chi connectivity index (χ4v) is 8.20. The predicted molar refractivity (Wildman–Crippen MR) is 167 cm³/mol. The molecule has 0 amide bonds. The van der Waals surface area contributed by atoms with Crippen LogP contribution in [0.5, 0.6) is 11.6 Å². The van der Waals surface area contributed by atoms with Crippen molar-refractivity contribution in [3.8, 4) is 41.3 Å². The maximum absolute atomic E-state index is 16.3. The summed E-state index contributed by atoms with van der Waals surface area (Å²) < 4.78 is 37.2. The lowest BCUT2D eigenvalue weighted by atomic mass is 9.95. The summed E-state index contributed by atoms with van der Waals surface area (Å²) in [5.41, 5.74) is 1.42. The number of ether oxygens (including phenoxy) is 1. The van der Waals surface area contributed by atoms with Crippen molar-refractivity contribution >= 4 is 27.5 Å². The van der Waals surface area contributed by atoms with Crippen LogP contribution in [0.4, 0.5) is 14.5 Å². The van der Waals surface area contributed by atoms with Gasteiger partial charge in [-0.25, -0.2) is 13.8 Å². The molecular weight excluding hydrogens is 574 g/mol. The molecule has 4 fully saturated rings. The van der Waals surface area contributed by atoms with Crippen LogP contribution >= 0.6 is 0 Å². The highest BCUT2D eigenvalue weighted by Crippen LogP contribution is 2.43. The molecule has 4 saturated heterocycles. The van der Waals surface area contributed by atoms with Gasteiger partial charge in [0.25, 0.3) is 0 Å². The van der Waals surface area contributed by atoms with E-state index >= 15 is 4.39 Å². The van der Waals surface area contributed by atoms with Gasteiger partial charge < -0.3 is 20.1 Å². The first kappa shape index (κ1) is 28.0. The van der Waals surface area contributed by atoms with E-state index in [1.165, 1.54) is 12.1 Å². The van der Waals surface area contributed by atoms with E-state index in [0.717, 1.165) is 32.2 Å². The van der Waals surface area contributed by atoms with Gasteiger partial charge in [0.05, 0.1) is 11.2 Å². The highest BCUT2D eigenvalue weighted by Gasteiger charge is 2.49. The molecule has 228 valence electrons. The molecule has 4 aliphatic rings. The molecule has 4 aliphatic heterocycles. The monoisotopic (exact) mass is 606 g/mol. The molecule has 8 rings (SSSR count). The van der Waals surface area contributed by atoms with E-state index in [9.17, 15) is 14.8 Å². The van der Waals surface area contributed by atoms with Gasteiger partial charge in [0.1, 0.15) is 41.7 Å². The summed E-state index contributed by atoms with van der Waals surface area (Å²) in [5.74, 6) is 2.10. The van der Waals surface area contributed by atoms with E-state index < -0.39 is 17.5 Å². The first-order valence-corrected chi connectivity index (χ1v) is 15.6. The Morgan fingerprint density at radius 2 is 1.98 bits per heavy atom. The van der Waals surface area contributed by atoms with E-state index in [-0.39, 0.29) is 47.2 Å². The number of hydrogen-bond donors (Lipinski definition) is 2. The summed E-state index contributed by atoms with van der Waals surface area (Å²) in [4.78, 5) is 13.8. The smallest absolute Gasteiger partial charge is 0.236 e. The van der Waals surface area contributed by atoms with Gasteiger partial charge in [-0.15, -0.1) is 6.42 Å². The van der Waals surface area contributed by atoms with E-state index in [1.807, 2.05) is 0 Å². The Kier molecular flexibility index (Phi) is 6.56. The van der Waals surface area contributed by atoms with Crippen molar-refractivity contribution in [2.24, 2.45) is 0 Å². The molecule has 2 aromatic carbocycles. The fraction of sp³-hybridized carbons (Fsp3) is 0.400. The van der Waals surface area contributed by atoms with Crippen molar-refractivity contribution in [3.63, 3.8) is 0 Å². The Hall–Kier alpha value is -4.51. The average molecular weight is 607 g/mol. The summed E-state index contributed by atoms with van der Waals surface area (Å²) in [6, 6.07) is 12.6. The molecular formula is C35H32F2N6O2. The van der Waals surface area contributed by atoms with Crippen LogP contribution < -0.4 is 15.0 Å². The van der Waals surface area contributed by atoms with Gasteiger partial charge >= 0.3 is 0 Å². The van der Waals surface area contributed by atoms with Crippen LogP contribution in [0.3, 0.4) is 0 Å². The number of nitrogens with zero attached hydrogens (tertiary/aromatic N) is 5. The minimum Gasteiger partial charge on any atom is -0.508 e. The first-order chi connectivity index (χ1) is 21.9. The third-order valence-electron chi connectivity index (χ3n) is 10.1. The Bertz CT molecular complexity index is 1940. The molecule has 2 N–H and O–H groups in total. The number of phenolic OH excluding ortho intramolecular Hbond substituents is 1. The molecule has 2 unspecified atom stereocenters. The third-order valence-corrected chi connectivity index (χ3v) is 10.1. The second-order valence-corrected chi connectivity index (χ2v) is 12.9. The standard InChI is InChI=1S/C35H32F2N6O2/c1-2-20-5-3-6-21-11-25(44)12-26(30(20)21)31-29(37)13-27-32(42-17-23-7-8-24(18-42)39-23)28(15-38)34(41-33(27)40-31)45-19-35-9-4-10-43(35)16-22(36)14-35/h1,3,5-6,11-13,22-24,39,44H,4,7-10,14,16-19H2/t22-,23?,24?,35+/m1/s1. The number of nitriles is 1. The quantitative estimate of drug-likeness (QED) is 0.305. The lowest BCUT2D eigenvalue weighted by molar-refractivity contribution is 0.110. The summed E-state index contributed by atoms with van der Waals surface area (Å²) in [5, 5.41) is 26.4. The van der Waals surface area contributed by atoms with Gasteiger partial charge in [-0.1, -0.05) is 18.1 Å². The number of phenols is 1. The molecule has 0 aliphatic carbocycles. The number of pyridine rings is 2. The molecule has 10 heteroatoms. The number of terminal acetylenes is 1. The maximum atomic E-state index is 16.3. The number of rotatable bonds is 5. The van der Waals surface area contributed by atoms with Crippen molar-refractivity contribution in [2.75, 3.05) is 37.7 Å². The first-order valence-electron chi connectivity index (χ1n) is 15.6. The minimum atomic E-state index is -0.919. The molecule has 4 aromatic rings. The largest absolute Gasteiger partial charge is 0.508 e. The topological polar surface area (TPSA) is 97.5 Å². The van der Waals surface area contributed by atoms with Crippen LogP contribution in [-0.4, -0.2) is 76.6 Å². The van der Waals surface area contributed by atoms with Gasteiger partial charge in [-0.2, -0.15) is 10.2 Å². The number of piperazine rings is 1. The molecule has 0 radical (unpaired) electrons. The molecule has 2 bridgehead atoms. The lowest BCUT2D eigenvalue weighted by Crippen LogP contribution is -2.51. The predicted octanol–water partition coefficient (Wildman–Crippen LogP) is 5.04. The van der Waals surface area contributed by atoms with Crippen LogP contribution in [0.2, 0.25) is 0 Å². The Morgan fingerprint density at radius 3 is 2.76 bits per heavy atom. The van der Waals surface area contributed by atoms with E-state index in [1.54, 1.807) is 24.3 Å². The number of benzene rings is 2. The van der Waals surface area contributed by atoms with Crippen molar-refractivity contribution in [1.82, 2.24) is 20.2 Å². The van der Waals surface area contributed by atoms with Gasteiger partial charge in [-0.05, 0) is 61.9 Å². The second kappa shape index (κ2) is 10.5. The normalized spacial score (nSPS) is 25.9. The number of aromatic nitrogens is 2. The van der Waals surface area contributed by atoms with Crippen LogP contribution in [-0.2, 0) is 0 Å². The molecule has 4 atom stereocenters. The fourth-order valence-electron chi connectivity index (χ4n) is 8.20. The van der Waals surface area contributed by atoms with E-state index in [0.29, 0.717) is 59.0 Å². The van der Waals surface area contributed by atoms with Crippen LogP contribution in [0, 0.1) is 29.5 Å². The van der Waals surface area contributed by atoms with E-state index in [4.69, 9.17) is 21.1 Å². The zero-order chi connectivity index (χ0) is 30.9. The molecule has 8 nitrogen and oxygen atoms in total. The molecule has 2 aromatic heterocycles. The number of fused-ring (bicyclic) bond motifs is 5. The number of anilines is 1. The summed E-state index contributed by atoms with van der Waals surface area (Å²) >= 11 is 0. The number of halogens is 2. The van der Waals surface area contributed by atoms with E-state index in [2.05, 4.69) is 27.1 Å². The van der Waals surface area contributed by atoms with Gasteiger partial charge in [0.15, 0.2) is 5.65 Å². The molecule has 0 spiro atoms. The van der Waals surface area contributed by atoms with Crippen LogP contribution in [0.1, 0.15) is 43.2 Å². The number of nitrogens with one attached hydrogen (secondary N) is 1. The molecule has 0 saturated carbocycles. The van der Waals surface area contributed by atoms with Gasteiger partial charge in [0.2, 0.25) is 5.88 Å². The number of aromatic hydroxyl groups is 1. The number of alkyl halides is 1. The van der Waals surface area contributed by atoms with Gasteiger partial charge in [-0.3, -0.25) is 4.90 Å². The third kappa shape index (κ3) is 4.55. The van der Waals surface area contributed by atoms with Crippen LogP contribution in [0.15, 0.2) is 36.4 Å². The zero-order valence-electron chi connectivity index (χ0n) is 24.7. The Balaban J connectivity index is 1.31. The molecule has 6 heterocycles. The highest BCUT2D eigenvalue weighted by molar-refractivity contribution is 6.03. The average Bonchev–Trinajstić information content (AvgIpc) is 3.68. The van der Waals surface area contributed by atoms with Gasteiger partial charge in [0, 0.05) is 60.0 Å².